The Bertz CT molecular complexity index is 3230. The number of hydrogen-bond acceptors (Lipinski definition) is 15. The number of likely N-dealkylation sites (N-methyl/N-ethyl adjacent to an activating group) is 1. The number of aromatic hydroxyl groups is 2. The van der Waals surface area contributed by atoms with Crippen molar-refractivity contribution in [3.05, 3.63) is 118 Å². The van der Waals surface area contributed by atoms with Crippen LogP contribution in [0.3, 0.4) is 0 Å². The summed E-state index contributed by atoms with van der Waals surface area (Å²) in [7, 11) is 2.14. The lowest BCUT2D eigenvalue weighted by atomic mass is 9.98. The van der Waals surface area contributed by atoms with Crippen molar-refractivity contribution in [3.8, 4) is 40.7 Å². The van der Waals surface area contributed by atoms with E-state index in [4.69, 9.17) is 26.3 Å². The van der Waals surface area contributed by atoms with Crippen LogP contribution in [0.15, 0.2) is 79.4 Å². The number of aromatic nitrogens is 5. The lowest BCUT2D eigenvalue weighted by Crippen LogP contribution is -2.55. The van der Waals surface area contributed by atoms with E-state index in [1.54, 1.807) is 21.6 Å². The molecule has 0 unspecified atom stereocenters. The normalized spacial score (nSPS) is 19.4. The Morgan fingerprint density at radius 1 is 0.961 bits per heavy atom. The van der Waals surface area contributed by atoms with Crippen molar-refractivity contribution in [2.75, 3.05) is 88.9 Å². The monoisotopic (exact) mass is 1070 g/mol. The summed E-state index contributed by atoms with van der Waals surface area (Å²) in [6.07, 6.45) is 3.00. The molecule has 0 spiro atoms. The van der Waals surface area contributed by atoms with Gasteiger partial charge in [0.25, 0.3) is 5.91 Å². The predicted molar refractivity (Wildman–Crippen MR) is 293 cm³/mol. The summed E-state index contributed by atoms with van der Waals surface area (Å²) in [5, 5.41) is 44.3. The zero-order chi connectivity index (χ0) is 54.1. The molecule has 6 aromatic rings. The highest BCUT2D eigenvalue weighted by molar-refractivity contribution is 6.36. The molecule has 4 aromatic carbocycles. The highest BCUT2D eigenvalue weighted by atomic mass is 35.5. The van der Waals surface area contributed by atoms with Gasteiger partial charge in [-0.3, -0.25) is 28.9 Å². The first-order chi connectivity index (χ1) is 37.2. The van der Waals surface area contributed by atoms with Gasteiger partial charge in [-0.1, -0.05) is 62.4 Å². The molecule has 2 aromatic heterocycles. The Hall–Kier alpha value is -7.37. The number of phenolic OH excluding ortho intramolecular Hbond substituents is 2. The molecule has 402 valence electrons. The van der Waals surface area contributed by atoms with Crippen molar-refractivity contribution >= 4 is 45.7 Å². The number of hydrogen-bond donors (Lipinski definition) is 3. The molecule has 0 aliphatic carbocycles. The van der Waals surface area contributed by atoms with Gasteiger partial charge in [0.1, 0.15) is 29.7 Å². The zero-order valence-corrected chi connectivity index (χ0v) is 44.8. The van der Waals surface area contributed by atoms with Crippen LogP contribution in [0, 0.1) is 17.1 Å². The minimum Gasteiger partial charge on any atom is -0.508 e. The lowest BCUT2D eigenvalue weighted by molar-refractivity contribution is -0.128. The maximum Gasteiger partial charge on any atom is 0.318 e. The lowest BCUT2D eigenvalue weighted by Gasteiger charge is -2.42. The number of fused-ring (bicyclic) bond motifs is 2. The van der Waals surface area contributed by atoms with Crippen LogP contribution in [0.25, 0.3) is 27.8 Å². The second-order valence-corrected chi connectivity index (χ2v) is 21.1. The molecule has 6 heterocycles. The van der Waals surface area contributed by atoms with Gasteiger partial charge in [-0.25, -0.2) is 4.39 Å². The highest BCUT2D eigenvalue weighted by Gasteiger charge is 2.37. The maximum atomic E-state index is 14.9. The number of carbonyl (C=O) groups is 2. The number of likely N-dealkylation sites (tertiary alicyclic amines) is 1. The van der Waals surface area contributed by atoms with Crippen LogP contribution < -0.4 is 19.9 Å². The van der Waals surface area contributed by atoms with Gasteiger partial charge >= 0.3 is 6.01 Å². The third-order valence-electron chi connectivity index (χ3n) is 15.6. The number of ether oxygens (including phenoxy) is 1. The summed E-state index contributed by atoms with van der Waals surface area (Å²) in [5.41, 5.74) is 5.39. The van der Waals surface area contributed by atoms with Crippen molar-refractivity contribution in [1.82, 2.24) is 49.6 Å². The average molecular weight is 1070 g/mol. The van der Waals surface area contributed by atoms with Crippen molar-refractivity contribution in [1.29, 1.82) is 5.26 Å². The van der Waals surface area contributed by atoms with Gasteiger partial charge in [0.2, 0.25) is 11.7 Å². The number of nitrogens with one attached hydrogen (secondary N) is 1. The Morgan fingerprint density at radius 2 is 1.75 bits per heavy atom. The first-order valence-electron chi connectivity index (χ1n) is 26.5. The van der Waals surface area contributed by atoms with Crippen LogP contribution in [-0.4, -0.2) is 164 Å². The van der Waals surface area contributed by atoms with Crippen LogP contribution in [0.1, 0.15) is 72.5 Å². The molecule has 10 rings (SSSR count). The van der Waals surface area contributed by atoms with Crippen molar-refractivity contribution < 1.29 is 28.9 Å². The number of phenols is 2. The second-order valence-electron chi connectivity index (χ2n) is 20.8. The quantitative estimate of drug-likeness (QED) is 0.0898. The van der Waals surface area contributed by atoms with E-state index in [0.29, 0.717) is 80.5 Å². The van der Waals surface area contributed by atoms with E-state index >= 15 is 0 Å². The Labute approximate surface area is 452 Å². The van der Waals surface area contributed by atoms with Crippen molar-refractivity contribution in [3.63, 3.8) is 0 Å². The maximum absolute atomic E-state index is 14.9. The van der Waals surface area contributed by atoms with Gasteiger partial charge in [0.15, 0.2) is 5.82 Å². The van der Waals surface area contributed by atoms with Crippen LogP contribution in [0.4, 0.5) is 15.9 Å². The Kier molecular flexibility index (Phi) is 15.6. The van der Waals surface area contributed by atoms with E-state index < -0.39 is 11.7 Å². The van der Waals surface area contributed by atoms with Gasteiger partial charge in [-0.15, -0.1) is 10.2 Å². The minimum absolute atomic E-state index is 0.0144. The summed E-state index contributed by atoms with van der Waals surface area (Å²) in [5.74, 6) is -0.155. The molecular weight excluding hydrogens is 1000 g/mol. The van der Waals surface area contributed by atoms with Crippen LogP contribution in [0.2, 0.25) is 5.02 Å². The number of amides is 2. The standard InChI is InChI=1S/C57H65ClFN13O5/c1-6-50(75)71-26-25-70(32-39(71)17-19-60)53-42-18-20-69(47-10-8-9-37-13-16-45(59)52(58)51(37)47)33-46(42)62-57(63-53)77-34-41-27-40(31-66(41)5)68-23-21-67(22-24-68)30-36-11-14-38(15-12-36)72-54(64-65-55(72)56(76)61-7-2)44-28-43(35(3)4)48(73)29-49(44)74/h6,8-16,28-29,35,39-41,73-74H,1,7,17-18,20-27,30-34H2,2-5H3,(H,61,76)/t39-,40-,41-/m0/s1. The molecule has 0 bridgehead atoms. The summed E-state index contributed by atoms with van der Waals surface area (Å²) in [4.78, 5) is 49.7. The molecule has 3 saturated heterocycles. The van der Waals surface area contributed by atoms with E-state index in [1.807, 2.05) is 63.2 Å². The van der Waals surface area contributed by atoms with Gasteiger partial charge in [-0.05, 0) is 85.7 Å². The summed E-state index contributed by atoms with van der Waals surface area (Å²) in [6.45, 7) is 17.9. The Balaban J connectivity index is 0.806. The van der Waals surface area contributed by atoms with Gasteiger partial charge < -0.3 is 35.0 Å². The molecule has 0 radical (unpaired) electrons. The van der Waals surface area contributed by atoms with Crippen LogP contribution in [-0.2, 0) is 24.3 Å². The Morgan fingerprint density at radius 3 is 2.49 bits per heavy atom. The molecule has 77 heavy (non-hydrogen) atoms. The number of carbonyl (C=O) groups excluding carboxylic acids is 2. The van der Waals surface area contributed by atoms with Crippen LogP contribution >= 0.6 is 11.6 Å². The van der Waals surface area contributed by atoms with Gasteiger partial charge in [0, 0.05) is 112 Å². The number of benzene rings is 4. The fraction of sp³-hybridized carbons (Fsp3) is 0.421. The van der Waals surface area contributed by atoms with Crippen molar-refractivity contribution in [2.24, 2.45) is 0 Å². The number of rotatable bonds is 15. The summed E-state index contributed by atoms with van der Waals surface area (Å²) >= 11 is 6.62. The molecule has 3 N–H and O–H groups in total. The van der Waals surface area contributed by atoms with Crippen molar-refractivity contribution in [2.45, 2.75) is 77.2 Å². The largest absolute Gasteiger partial charge is 0.508 e. The molecule has 3 fully saturated rings. The van der Waals surface area contributed by atoms with E-state index in [-0.39, 0.29) is 64.5 Å². The molecule has 3 atom stereocenters. The first-order valence-corrected chi connectivity index (χ1v) is 26.9. The summed E-state index contributed by atoms with van der Waals surface area (Å²) in [6, 6.07) is 22.6. The fourth-order valence-corrected chi connectivity index (χ4v) is 11.8. The molecular formula is C57H65ClFN13O5. The fourth-order valence-electron chi connectivity index (χ4n) is 11.5. The number of halogens is 2. The third kappa shape index (κ3) is 10.8. The van der Waals surface area contributed by atoms with E-state index in [9.17, 15) is 29.5 Å². The molecule has 0 saturated carbocycles. The first kappa shape index (κ1) is 53.0. The van der Waals surface area contributed by atoms with E-state index in [0.717, 1.165) is 79.4 Å². The third-order valence-corrected chi connectivity index (χ3v) is 16.0. The van der Waals surface area contributed by atoms with E-state index in [1.165, 1.54) is 18.2 Å². The predicted octanol–water partition coefficient (Wildman–Crippen LogP) is 6.90. The van der Waals surface area contributed by atoms with Gasteiger partial charge in [-0.2, -0.15) is 15.2 Å². The zero-order valence-electron chi connectivity index (χ0n) is 44.0. The molecule has 4 aliphatic rings. The minimum atomic E-state index is -0.473. The smallest absolute Gasteiger partial charge is 0.318 e. The van der Waals surface area contributed by atoms with Gasteiger partial charge in [0.05, 0.1) is 41.4 Å². The number of anilines is 2. The topological polar surface area (TPSA) is 196 Å². The molecule has 4 aliphatic heterocycles. The SMILES string of the molecule is C=CC(=O)N1CCN(c2nc(OC[C@@H]3C[C@H](N4CCN(Cc5ccc(-n6c(C(=O)NCC)nnc6-c6cc(C(C)C)c(O)cc6O)cc5)CC4)CN3C)nc3c2CCN(c2cccc4ccc(F)c(Cl)c24)C3)C[C@@H]1CC#N. The molecule has 18 nitrogen and oxygen atoms in total. The number of nitrogens with zero attached hydrogens (tertiary/aromatic N) is 12. The molecule has 2 amide bonds. The molecule has 20 heteroatoms. The summed E-state index contributed by atoms with van der Waals surface area (Å²) < 4.78 is 23.1. The van der Waals surface area contributed by atoms with E-state index in [2.05, 4.69) is 59.7 Å². The second kappa shape index (κ2) is 22.7. The number of nitriles is 1. The van der Waals surface area contributed by atoms with Crippen LogP contribution in [0.5, 0.6) is 17.5 Å². The highest BCUT2D eigenvalue weighted by Crippen LogP contribution is 2.40. The number of piperazine rings is 2. The average Bonchev–Trinajstić information content (AvgIpc) is 4.13.